The minimum Gasteiger partial charge on any atom is -0.442 e. The summed E-state index contributed by atoms with van der Waals surface area (Å²) in [7, 11) is 0. The van der Waals surface area contributed by atoms with Crippen LogP contribution in [0.5, 0.6) is 0 Å². The number of amides is 1. The summed E-state index contributed by atoms with van der Waals surface area (Å²) in [5, 5.41) is 0. The van der Waals surface area contributed by atoms with Gasteiger partial charge in [0, 0.05) is 0 Å². The lowest BCUT2D eigenvalue weighted by Crippen LogP contribution is -2.21. The summed E-state index contributed by atoms with van der Waals surface area (Å²) in [6, 6.07) is 9.33. The number of cyclic esters (lactones) is 1. The molecule has 0 aromatic heterocycles. The molecule has 0 spiro atoms. The van der Waals surface area contributed by atoms with E-state index in [1.54, 1.807) is 0 Å². The van der Waals surface area contributed by atoms with Gasteiger partial charge in [-0.2, -0.15) is 0 Å². The standard InChI is InChI=1S/C10H9NO2/c1-8-7-13-10(12)11(8)9-5-3-2-4-6-9/h2-6H,1,7H2. The summed E-state index contributed by atoms with van der Waals surface area (Å²) < 4.78 is 4.82. The normalized spacial score (nSPS) is 16.2. The van der Waals surface area contributed by atoms with E-state index in [4.69, 9.17) is 4.74 Å². The molecule has 1 saturated heterocycles. The Morgan fingerprint density at radius 1 is 1.31 bits per heavy atom. The third-order valence-electron chi connectivity index (χ3n) is 1.88. The van der Waals surface area contributed by atoms with Gasteiger partial charge < -0.3 is 4.74 Å². The van der Waals surface area contributed by atoms with Crippen molar-refractivity contribution >= 4 is 11.8 Å². The predicted octanol–water partition coefficient (Wildman–Crippen LogP) is 2.16. The minimum atomic E-state index is -0.351. The molecule has 0 radical (unpaired) electrons. The Morgan fingerprint density at radius 2 is 2.00 bits per heavy atom. The number of rotatable bonds is 1. The van der Waals surface area contributed by atoms with Crippen LogP contribution >= 0.6 is 0 Å². The first-order valence-electron chi connectivity index (χ1n) is 3.99. The van der Waals surface area contributed by atoms with Gasteiger partial charge in [0.2, 0.25) is 0 Å². The first-order valence-corrected chi connectivity index (χ1v) is 3.99. The van der Waals surface area contributed by atoms with Gasteiger partial charge >= 0.3 is 6.09 Å². The zero-order valence-electron chi connectivity index (χ0n) is 7.06. The van der Waals surface area contributed by atoms with E-state index in [9.17, 15) is 4.79 Å². The van der Waals surface area contributed by atoms with Crippen molar-refractivity contribution < 1.29 is 9.53 Å². The zero-order chi connectivity index (χ0) is 9.26. The number of nitrogens with zero attached hydrogens (tertiary/aromatic N) is 1. The van der Waals surface area contributed by atoms with Crippen molar-refractivity contribution in [2.45, 2.75) is 0 Å². The van der Waals surface area contributed by atoms with E-state index in [2.05, 4.69) is 6.58 Å². The minimum absolute atomic E-state index is 0.285. The van der Waals surface area contributed by atoms with Crippen molar-refractivity contribution in [3.05, 3.63) is 42.6 Å². The molecule has 1 amide bonds. The summed E-state index contributed by atoms with van der Waals surface area (Å²) in [6.07, 6.45) is -0.351. The molecule has 0 N–H and O–H groups in total. The molecule has 1 aliphatic heterocycles. The van der Waals surface area contributed by atoms with Gasteiger partial charge in [-0.15, -0.1) is 0 Å². The van der Waals surface area contributed by atoms with E-state index in [0.29, 0.717) is 5.70 Å². The molecule has 1 aromatic carbocycles. The van der Waals surface area contributed by atoms with Crippen LogP contribution in [-0.2, 0) is 4.74 Å². The van der Waals surface area contributed by atoms with Crippen molar-refractivity contribution in [2.24, 2.45) is 0 Å². The van der Waals surface area contributed by atoms with Gasteiger partial charge in [-0.25, -0.2) is 9.69 Å². The second kappa shape index (κ2) is 2.94. The monoisotopic (exact) mass is 175 g/mol. The Labute approximate surface area is 76.2 Å². The molecule has 0 saturated carbocycles. The molecular formula is C10H9NO2. The third kappa shape index (κ3) is 1.28. The maximum absolute atomic E-state index is 11.2. The van der Waals surface area contributed by atoms with Crippen LogP contribution in [0.3, 0.4) is 0 Å². The molecular weight excluding hydrogens is 166 g/mol. The number of carbonyl (C=O) groups is 1. The van der Waals surface area contributed by atoms with Crippen LogP contribution in [0.25, 0.3) is 0 Å². The molecule has 0 unspecified atom stereocenters. The molecule has 3 heteroatoms. The van der Waals surface area contributed by atoms with Gasteiger partial charge in [0.15, 0.2) is 0 Å². The Hall–Kier alpha value is -1.77. The second-order valence-corrected chi connectivity index (χ2v) is 2.79. The number of anilines is 1. The zero-order valence-corrected chi connectivity index (χ0v) is 7.06. The van der Waals surface area contributed by atoms with Gasteiger partial charge in [0.05, 0.1) is 11.4 Å². The molecule has 1 aliphatic rings. The van der Waals surface area contributed by atoms with E-state index in [0.717, 1.165) is 5.69 Å². The number of benzene rings is 1. The Morgan fingerprint density at radius 3 is 2.54 bits per heavy atom. The first-order chi connectivity index (χ1) is 6.29. The van der Waals surface area contributed by atoms with E-state index < -0.39 is 0 Å². The fraction of sp³-hybridized carbons (Fsp3) is 0.100. The van der Waals surface area contributed by atoms with Crippen LogP contribution < -0.4 is 4.90 Å². The van der Waals surface area contributed by atoms with Crippen LogP contribution in [0.4, 0.5) is 10.5 Å². The molecule has 1 aromatic rings. The highest BCUT2D eigenvalue weighted by atomic mass is 16.6. The summed E-state index contributed by atoms with van der Waals surface area (Å²) in [4.78, 5) is 12.7. The van der Waals surface area contributed by atoms with E-state index in [-0.39, 0.29) is 12.7 Å². The Kier molecular flexibility index (Phi) is 1.77. The van der Waals surface area contributed by atoms with Crippen LogP contribution in [0, 0.1) is 0 Å². The molecule has 0 atom stereocenters. The Bertz CT molecular complexity index is 329. The maximum Gasteiger partial charge on any atom is 0.419 e. The molecule has 1 heterocycles. The second-order valence-electron chi connectivity index (χ2n) is 2.79. The summed E-state index contributed by atoms with van der Waals surface area (Å²) in [5.41, 5.74) is 1.48. The maximum atomic E-state index is 11.2. The number of ether oxygens (including phenoxy) is 1. The first kappa shape index (κ1) is 7.86. The van der Waals surface area contributed by atoms with E-state index in [1.165, 1.54) is 4.90 Å². The van der Waals surface area contributed by atoms with Crippen LogP contribution in [0.2, 0.25) is 0 Å². The number of hydrogen-bond donors (Lipinski definition) is 0. The lowest BCUT2D eigenvalue weighted by atomic mass is 10.3. The summed E-state index contributed by atoms with van der Waals surface area (Å²) in [6.45, 7) is 4.03. The summed E-state index contributed by atoms with van der Waals surface area (Å²) in [5.74, 6) is 0. The Balaban J connectivity index is 2.36. The van der Waals surface area contributed by atoms with Crippen molar-refractivity contribution in [2.75, 3.05) is 11.5 Å². The topological polar surface area (TPSA) is 29.5 Å². The average molecular weight is 175 g/mol. The molecule has 13 heavy (non-hydrogen) atoms. The van der Waals surface area contributed by atoms with Crippen LogP contribution in [0.1, 0.15) is 0 Å². The van der Waals surface area contributed by atoms with E-state index in [1.807, 2.05) is 30.3 Å². The van der Waals surface area contributed by atoms with Gasteiger partial charge in [0.1, 0.15) is 6.61 Å². The lowest BCUT2D eigenvalue weighted by Gasteiger charge is -2.12. The van der Waals surface area contributed by atoms with Gasteiger partial charge in [0.25, 0.3) is 0 Å². The molecule has 0 aliphatic carbocycles. The van der Waals surface area contributed by atoms with Crippen molar-refractivity contribution in [1.29, 1.82) is 0 Å². The number of para-hydroxylation sites is 1. The summed E-state index contributed by atoms with van der Waals surface area (Å²) >= 11 is 0. The molecule has 1 fully saturated rings. The highest BCUT2D eigenvalue weighted by Crippen LogP contribution is 2.23. The molecule has 0 bridgehead atoms. The molecule has 2 rings (SSSR count). The van der Waals surface area contributed by atoms with Gasteiger partial charge in [-0.05, 0) is 12.1 Å². The third-order valence-corrected chi connectivity index (χ3v) is 1.88. The molecule has 3 nitrogen and oxygen atoms in total. The average Bonchev–Trinajstić information content (AvgIpc) is 2.48. The van der Waals surface area contributed by atoms with Gasteiger partial charge in [-0.1, -0.05) is 24.8 Å². The SMILES string of the molecule is C=C1COC(=O)N1c1ccccc1. The smallest absolute Gasteiger partial charge is 0.419 e. The number of carbonyl (C=O) groups excluding carboxylic acids is 1. The lowest BCUT2D eigenvalue weighted by molar-refractivity contribution is 0.182. The van der Waals surface area contributed by atoms with Crippen LogP contribution in [0.15, 0.2) is 42.6 Å². The highest BCUT2D eigenvalue weighted by Gasteiger charge is 2.26. The number of hydrogen-bond acceptors (Lipinski definition) is 2. The quantitative estimate of drug-likeness (QED) is 0.654. The van der Waals surface area contributed by atoms with Crippen molar-refractivity contribution in [3.8, 4) is 0 Å². The van der Waals surface area contributed by atoms with Crippen molar-refractivity contribution in [3.63, 3.8) is 0 Å². The fourth-order valence-electron chi connectivity index (χ4n) is 1.27. The van der Waals surface area contributed by atoms with Crippen molar-refractivity contribution in [1.82, 2.24) is 0 Å². The van der Waals surface area contributed by atoms with E-state index >= 15 is 0 Å². The molecule has 66 valence electrons. The van der Waals surface area contributed by atoms with Crippen LogP contribution in [-0.4, -0.2) is 12.7 Å². The van der Waals surface area contributed by atoms with Gasteiger partial charge in [-0.3, -0.25) is 0 Å². The predicted molar refractivity (Wildman–Crippen MR) is 49.4 cm³/mol. The largest absolute Gasteiger partial charge is 0.442 e. The highest BCUT2D eigenvalue weighted by molar-refractivity contribution is 5.93. The fourth-order valence-corrected chi connectivity index (χ4v) is 1.27.